The summed E-state index contributed by atoms with van der Waals surface area (Å²) in [4.78, 5) is 13.3. The molecule has 0 atom stereocenters. The Kier molecular flexibility index (Phi) is 6.89. The topological polar surface area (TPSA) is 32.3 Å². The Balaban J connectivity index is 4.21. The van der Waals surface area contributed by atoms with Crippen molar-refractivity contribution in [1.29, 1.82) is 0 Å². The molecule has 0 bridgehead atoms. The Morgan fingerprint density at radius 1 is 1.43 bits per heavy atom. The molecule has 0 unspecified atom stereocenters. The number of likely N-dealkylation sites (N-methyl/N-ethyl adjacent to an activating group) is 1. The van der Waals surface area contributed by atoms with Gasteiger partial charge in [0.05, 0.1) is 0 Å². The first kappa shape index (κ1) is 13.0. The number of nitrogens with one attached hydrogen (secondary N) is 1. The Bertz CT molecular complexity index is 199. The highest BCUT2D eigenvalue weighted by Crippen LogP contribution is 2.04. The Hall–Kier alpha value is -0.990. The fraction of sp³-hybridized carbons (Fsp3) is 0.727. The van der Waals surface area contributed by atoms with E-state index >= 15 is 0 Å². The van der Waals surface area contributed by atoms with E-state index in [0.29, 0.717) is 0 Å². The molecule has 14 heavy (non-hydrogen) atoms. The zero-order valence-corrected chi connectivity index (χ0v) is 9.76. The van der Waals surface area contributed by atoms with Crippen LogP contribution in [0.4, 0.5) is 0 Å². The minimum atomic E-state index is -0.0301. The molecule has 82 valence electrons. The molecule has 0 aromatic carbocycles. The summed E-state index contributed by atoms with van der Waals surface area (Å²) in [6.45, 7) is 8.25. The van der Waals surface area contributed by atoms with Crippen LogP contribution in [0.25, 0.3) is 0 Å². The predicted octanol–water partition coefficient (Wildman–Crippen LogP) is 1.76. The Labute approximate surface area is 87.2 Å². The van der Waals surface area contributed by atoms with Crippen LogP contribution in [0.2, 0.25) is 0 Å². The SMILES string of the molecule is CCCCN(CC)/C(C)=C\C(=O)NC. The van der Waals surface area contributed by atoms with Crippen LogP contribution in [0.1, 0.15) is 33.6 Å². The molecule has 0 fully saturated rings. The van der Waals surface area contributed by atoms with Crippen LogP contribution in [0.5, 0.6) is 0 Å². The molecule has 0 heterocycles. The van der Waals surface area contributed by atoms with Gasteiger partial charge < -0.3 is 10.2 Å². The van der Waals surface area contributed by atoms with Crippen LogP contribution in [0.15, 0.2) is 11.8 Å². The lowest BCUT2D eigenvalue weighted by Gasteiger charge is -2.23. The van der Waals surface area contributed by atoms with Crippen LogP contribution in [0, 0.1) is 0 Å². The van der Waals surface area contributed by atoms with Gasteiger partial charge in [-0.05, 0) is 20.3 Å². The van der Waals surface area contributed by atoms with Crippen LogP contribution in [-0.2, 0) is 4.79 Å². The first-order valence-corrected chi connectivity index (χ1v) is 5.30. The molecule has 1 amide bonds. The van der Waals surface area contributed by atoms with Gasteiger partial charge >= 0.3 is 0 Å². The molecular weight excluding hydrogens is 176 g/mol. The highest BCUT2D eigenvalue weighted by atomic mass is 16.1. The number of unbranched alkanes of at least 4 members (excludes halogenated alkanes) is 1. The second kappa shape index (κ2) is 7.42. The molecule has 1 N–H and O–H groups in total. The second-order valence-electron chi connectivity index (χ2n) is 3.33. The Morgan fingerprint density at radius 2 is 2.07 bits per heavy atom. The molecule has 0 aliphatic carbocycles. The summed E-state index contributed by atoms with van der Waals surface area (Å²) in [6, 6.07) is 0. The molecular formula is C11H22N2O. The van der Waals surface area contributed by atoms with Crippen molar-refractivity contribution in [1.82, 2.24) is 10.2 Å². The molecule has 0 aliphatic rings. The summed E-state index contributed by atoms with van der Waals surface area (Å²) >= 11 is 0. The molecule has 0 aliphatic heterocycles. The van der Waals surface area contributed by atoms with E-state index in [9.17, 15) is 4.79 Å². The molecule has 0 saturated carbocycles. The van der Waals surface area contributed by atoms with Crippen molar-refractivity contribution in [3.05, 3.63) is 11.8 Å². The molecule has 0 aromatic rings. The van der Waals surface area contributed by atoms with Crippen molar-refractivity contribution in [2.24, 2.45) is 0 Å². The van der Waals surface area contributed by atoms with Crippen LogP contribution in [0.3, 0.4) is 0 Å². The Morgan fingerprint density at radius 3 is 2.50 bits per heavy atom. The van der Waals surface area contributed by atoms with E-state index in [-0.39, 0.29) is 5.91 Å². The molecule has 0 aromatic heterocycles. The van der Waals surface area contributed by atoms with Gasteiger partial charge in [-0.2, -0.15) is 0 Å². The largest absolute Gasteiger partial charge is 0.375 e. The number of rotatable bonds is 6. The van der Waals surface area contributed by atoms with E-state index < -0.39 is 0 Å². The van der Waals surface area contributed by atoms with Crippen molar-refractivity contribution < 1.29 is 4.79 Å². The van der Waals surface area contributed by atoms with Gasteiger partial charge in [-0.15, -0.1) is 0 Å². The summed E-state index contributed by atoms with van der Waals surface area (Å²) in [6.07, 6.45) is 4.01. The molecule has 0 radical (unpaired) electrons. The summed E-state index contributed by atoms with van der Waals surface area (Å²) in [7, 11) is 1.65. The maximum Gasteiger partial charge on any atom is 0.245 e. The summed E-state index contributed by atoms with van der Waals surface area (Å²) in [5.74, 6) is -0.0301. The van der Waals surface area contributed by atoms with Gasteiger partial charge in [-0.1, -0.05) is 13.3 Å². The van der Waals surface area contributed by atoms with E-state index in [1.165, 1.54) is 12.8 Å². The van der Waals surface area contributed by atoms with Gasteiger partial charge in [0, 0.05) is 31.9 Å². The van der Waals surface area contributed by atoms with Crippen LogP contribution in [-0.4, -0.2) is 30.9 Å². The van der Waals surface area contributed by atoms with Crippen molar-refractivity contribution in [3.63, 3.8) is 0 Å². The minimum Gasteiger partial charge on any atom is -0.375 e. The second-order valence-corrected chi connectivity index (χ2v) is 3.33. The third-order valence-corrected chi connectivity index (χ3v) is 2.25. The van der Waals surface area contributed by atoms with Gasteiger partial charge in [0.1, 0.15) is 0 Å². The van der Waals surface area contributed by atoms with Crippen molar-refractivity contribution in [3.8, 4) is 0 Å². The minimum absolute atomic E-state index is 0.0301. The maximum absolute atomic E-state index is 11.1. The normalized spacial score (nSPS) is 11.3. The van der Waals surface area contributed by atoms with Crippen molar-refractivity contribution in [2.45, 2.75) is 33.6 Å². The van der Waals surface area contributed by atoms with Gasteiger partial charge in [0.25, 0.3) is 0 Å². The lowest BCUT2D eigenvalue weighted by molar-refractivity contribution is -0.116. The zero-order valence-electron chi connectivity index (χ0n) is 9.76. The van der Waals surface area contributed by atoms with Gasteiger partial charge in [-0.3, -0.25) is 4.79 Å². The summed E-state index contributed by atoms with van der Waals surface area (Å²) in [5, 5.41) is 2.59. The first-order valence-electron chi connectivity index (χ1n) is 5.30. The summed E-state index contributed by atoms with van der Waals surface area (Å²) < 4.78 is 0. The van der Waals surface area contributed by atoms with Crippen molar-refractivity contribution in [2.75, 3.05) is 20.1 Å². The lowest BCUT2D eigenvalue weighted by atomic mass is 10.3. The van der Waals surface area contributed by atoms with Crippen LogP contribution < -0.4 is 5.32 Å². The molecule has 3 heteroatoms. The third-order valence-electron chi connectivity index (χ3n) is 2.25. The predicted molar refractivity (Wildman–Crippen MR) is 60.0 cm³/mol. The monoisotopic (exact) mass is 198 g/mol. The van der Waals surface area contributed by atoms with Crippen LogP contribution >= 0.6 is 0 Å². The van der Waals surface area contributed by atoms with E-state index in [0.717, 1.165) is 18.8 Å². The number of hydrogen-bond donors (Lipinski definition) is 1. The fourth-order valence-electron chi connectivity index (χ4n) is 1.29. The number of allylic oxidation sites excluding steroid dienone is 1. The smallest absolute Gasteiger partial charge is 0.245 e. The highest BCUT2D eigenvalue weighted by molar-refractivity contribution is 5.87. The van der Waals surface area contributed by atoms with Gasteiger partial charge in [-0.25, -0.2) is 0 Å². The average molecular weight is 198 g/mol. The summed E-state index contributed by atoms with van der Waals surface area (Å²) in [5.41, 5.74) is 1.04. The molecule has 3 nitrogen and oxygen atoms in total. The zero-order chi connectivity index (χ0) is 11.0. The average Bonchev–Trinajstić information content (AvgIpc) is 2.18. The standard InChI is InChI=1S/C11H22N2O/c1-5-7-8-13(6-2)10(3)9-11(14)12-4/h9H,5-8H2,1-4H3,(H,12,14)/b10-9-. The molecule has 0 spiro atoms. The number of carbonyl (C=O) groups excluding carboxylic acids is 1. The number of amides is 1. The quantitative estimate of drug-likeness (QED) is 0.660. The maximum atomic E-state index is 11.1. The molecule has 0 rings (SSSR count). The molecule has 0 saturated heterocycles. The van der Waals surface area contributed by atoms with E-state index in [1.807, 2.05) is 6.92 Å². The highest BCUT2D eigenvalue weighted by Gasteiger charge is 2.03. The number of nitrogens with zero attached hydrogens (tertiary/aromatic N) is 1. The first-order chi connectivity index (χ1) is 6.65. The van der Waals surface area contributed by atoms with E-state index in [1.54, 1.807) is 13.1 Å². The van der Waals surface area contributed by atoms with Gasteiger partial charge in [0.2, 0.25) is 5.91 Å². The van der Waals surface area contributed by atoms with Crippen molar-refractivity contribution >= 4 is 5.91 Å². The lowest BCUT2D eigenvalue weighted by Crippen LogP contribution is -2.25. The van der Waals surface area contributed by atoms with Gasteiger partial charge in [0.15, 0.2) is 0 Å². The third kappa shape index (κ3) is 4.90. The fourth-order valence-corrected chi connectivity index (χ4v) is 1.29. The van der Waals surface area contributed by atoms with E-state index in [2.05, 4.69) is 24.1 Å². The number of carbonyl (C=O) groups is 1. The van der Waals surface area contributed by atoms with E-state index in [4.69, 9.17) is 0 Å². The number of hydrogen-bond acceptors (Lipinski definition) is 2.